The second-order valence-corrected chi connectivity index (χ2v) is 7.29. The second kappa shape index (κ2) is 6.72. The third-order valence-corrected chi connectivity index (χ3v) is 5.69. The van der Waals surface area contributed by atoms with Crippen LogP contribution in [0, 0.1) is 5.92 Å². The maximum atomic E-state index is 10.8. The first-order chi connectivity index (χ1) is 10.6. The van der Waals surface area contributed by atoms with Crippen molar-refractivity contribution in [1.29, 1.82) is 0 Å². The molecule has 2 aromatic heterocycles. The van der Waals surface area contributed by atoms with Crippen LogP contribution in [-0.2, 0) is 0 Å². The summed E-state index contributed by atoms with van der Waals surface area (Å²) in [6.07, 6.45) is 1.61. The molecule has 1 amide bonds. The van der Waals surface area contributed by atoms with Gasteiger partial charge in [0, 0.05) is 0 Å². The second-order valence-electron chi connectivity index (χ2n) is 5.03. The highest BCUT2D eigenvalue weighted by Crippen LogP contribution is 2.42. The van der Waals surface area contributed by atoms with Crippen molar-refractivity contribution in [2.75, 3.05) is 16.8 Å². The van der Waals surface area contributed by atoms with Crippen molar-refractivity contribution in [3.8, 4) is 11.5 Å². The van der Waals surface area contributed by atoms with Gasteiger partial charge in [-0.05, 0) is 42.4 Å². The van der Waals surface area contributed by atoms with E-state index in [-0.39, 0.29) is 11.0 Å². The average molecular weight is 340 g/mol. The molecule has 0 aliphatic carbocycles. The monoisotopic (exact) mass is 340 g/mol. The van der Waals surface area contributed by atoms with E-state index in [1.807, 2.05) is 11.8 Å². The average Bonchev–Trinajstić information content (AvgIpc) is 3.15. The fourth-order valence-corrected chi connectivity index (χ4v) is 4.70. The summed E-state index contributed by atoms with van der Waals surface area (Å²) in [6.45, 7) is 0. The van der Waals surface area contributed by atoms with E-state index in [4.69, 9.17) is 9.52 Å². The van der Waals surface area contributed by atoms with Gasteiger partial charge in [-0.15, -0.1) is 0 Å². The number of thioether (sulfide) groups is 1. The van der Waals surface area contributed by atoms with Gasteiger partial charge in [0.15, 0.2) is 10.9 Å². The van der Waals surface area contributed by atoms with Crippen LogP contribution in [-0.4, -0.2) is 32.8 Å². The van der Waals surface area contributed by atoms with E-state index < -0.39 is 12.2 Å². The molecule has 1 atom stereocenters. The van der Waals surface area contributed by atoms with E-state index in [0.29, 0.717) is 16.3 Å². The summed E-state index contributed by atoms with van der Waals surface area (Å²) in [4.78, 5) is 15.8. The summed E-state index contributed by atoms with van der Waals surface area (Å²) in [5.41, 5.74) is 0.518. The predicted molar refractivity (Wildman–Crippen MR) is 86.5 cm³/mol. The van der Waals surface area contributed by atoms with Crippen LogP contribution in [0.4, 0.5) is 9.93 Å². The number of amides is 1. The quantitative estimate of drug-likeness (QED) is 0.786. The number of rotatable bonds is 4. The molecule has 0 spiro atoms. The Morgan fingerprint density at radius 3 is 2.86 bits per heavy atom. The van der Waals surface area contributed by atoms with Gasteiger partial charge in [-0.25, -0.2) is 9.78 Å². The van der Waals surface area contributed by atoms with Gasteiger partial charge in [-0.2, -0.15) is 11.8 Å². The smallest absolute Gasteiger partial charge is 0.410 e. The standard InChI is InChI=1S/C14H16N2O4S2/c17-11(8-3-6-21-7-4-8)12-10(9-2-1-5-20-9)15-13(22-12)16-14(18)19/h1-2,5,8,11,17H,3-4,6-7H2,(H,15,16)(H,18,19). The van der Waals surface area contributed by atoms with Crippen LogP contribution >= 0.6 is 23.1 Å². The number of carbonyl (C=O) groups is 1. The molecule has 0 saturated carbocycles. The normalized spacial score (nSPS) is 17.3. The minimum atomic E-state index is -1.17. The van der Waals surface area contributed by atoms with Crippen molar-refractivity contribution in [1.82, 2.24) is 4.98 Å². The number of hydrogen-bond acceptors (Lipinski definition) is 6. The van der Waals surface area contributed by atoms with Crippen molar-refractivity contribution in [2.45, 2.75) is 18.9 Å². The number of furan rings is 1. The van der Waals surface area contributed by atoms with Crippen LogP contribution in [0.1, 0.15) is 23.8 Å². The van der Waals surface area contributed by atoms with Gasteiger partial charge in [-0.3, -0.25) is 5.32 Å². The maximum Gasteiger partial charge on any atom is 0.410 e. The van der Waals surface area contributed by atoms with E-state index >= 15 is 0 Å². The Labute approximate surface area is 135 Å². The van der Waals surface area contributed by atoms with Crippen LogP contribution in [0.25, 0.3) is 11.5 Å². The first-order valence-electron chi connectivity index (χ1n) is 6.95. The molecule has 0 radical (unpaired) electrons. The summed E-state index contributed by atoms with van der Waals surface area (Å²) in [5.74, 6) is 2.79. The fourth-order valence-electron chi connectivity index (χ4n) is 2.51. The van der Waals surface area contributed by atoms with Gasteiger partial charge < -0.3 is 14.6 Å². The van der Waals surface area contributed by atoms with Crippen molar-refractivity contribution >= 4 is 34.3 Å². The van der Waals surface area contributed by atoms with Crippen molar-refractivity contribution in [2.24, 2.45) is 5.92 Å². The Balaban J connectivity index is 1.93. The number of nitrogens with one attached hydrogen (secondary N) is 1. The molecule has 3 N–H and O–H groups in total. The number of thiazole rings is 1. The lowest BCUT2D eigenvalue weighted by atomic mass is 9.94. The molecule has 1 saturated heterocycles. The maximum absolute atomic E-state index is 10.8. The van der Waals surface area contributed by atoms with Crippen molar-refractivity contribution in [3.63, 3.8) is 0 Å². The molecule has 1 aliphatic heterocycles. The zero-order valence-corrected chi connectivity index (χ0v) is 13.3. The van der Waals surface area contributed by atoms with E-state index in [2.05, 4.69) is 10.3 Å². The van der Waals surface area contributed by atoms with E-state index in [9.17, 15) is 9.90 Å². The third-order valence-electron chi connectivity index (χ3n) is 3.60. The summed E-state index contributed by atoms with van der Waals surface area (Å²) in [5, 5.41) is 22.1. The molecule has 118 valence electrons. The van der Waals surface area contributed by atoms with E-state index in [1.54, 1.807) is 12.1 Å². The zero-order valence-electron chi connectivity index (χ0n) is 11.7. The summed E-state index contributed by atoms with van der Waals surface area (Å²) in [6, 6.07) is 3.50. The van der Waals surface area contributed by atoms with Crippen LogP contribution in [0.2, 0.25) is 0 Å². The van der Waals surface area contributed by atoms with Crippen LogP contribution in [0.3, 0.4) is 0 Å². The molecule has 1 fully saturated rings. The largest absolute Gasteiger partial charge is 0.465 e. The van der Waals surface area contributed by atoms with Gasteiger partial charge in [-0.1, -0.05) is 11.3 Å². The minimum absolute atomic E-state index is 0.174. The first-order valence-corrected chi connectivity index (χ1v) is 8.92. The number of hydrogen-bond donors (Lipinski definition) is 3. The molecule has 8 heteroatoms. The lowest BCUT2D eigenvalue weighted by Crippen LogP contribution is -2.17. The van der Waals surface area contributed by atoms with Gasteiger partial charge in [0.1, 0.15) is 5.69 Å². The number of aliphatic hydroxyl groups is 1. The molecule has 0 aromatic carbocycles. The van der Waals surface area contributed by atoms with Gasteiger partial charge >= 0.3 is 6.09 Å². The number of aliphatic hydroxyl groups excluding tert-OH is 1. The predicted octanol–water partition coefficient (Wildman–Crippen LogP) is 3.67. The molecule has 3 rings (SSSR count). The number of nitrogens with zero attached hydrogens (tertiary/aromatic N) is 1. The van der Waals surface area contributed by atoms with Crippen LogP contribution in [0.15, 0.2) is 22.8 Å². The van der Waals surface area contributed by atoms with Crippen LogP contribution in [0.5, 0.6) is 0 Å². The Hall–Kier alpha value is -1.51. The SMILES string of the molecule is O=C(O)Nc1nc(-c2ccco2)c(C(O)C2CCSCC2)s1. The highest BCUT2D eigenvalue weighted by molar-refractivity contribution is 7.99. The van der Waals surface area contributed by atoms with E-state index in [1.165, 1.54) is 17.6 Å². The molecule has 22 heavy (non-hydrogen) atoms. The molecular weight excluding hydrogens is 324 g/mol. The Morgan fingerprint density at radius 1 is 1.45 bits per heavy atom. The van der Waals surface area contributed by atoms with Gasteiger partial charge in [0.05, 0.1) is 17.2 Å². The summed E-state index contributed by atoms with van der Waals surface area (Å²) >= 11 is 3.06. The molecular formula is C14H16N2O4S2. The highest BCUT2D eigenvalue weighted by Gasteiger charge is 2.29. The number of aromatic nitrogens is 1. The fraction of sp³-hybridized carbons (Fsp3) is 0.429. The van der Waals surface area contributed by atoms with Crippen molar-refractivity contribution in [3.05, 3.63) is 23.3 Å². The number of carboxylic acid groups (broad SMARTS) is 1. The highest BCUT2D eigenvalue weighted by atomic mass is 32.2. The molecule has 6 nitrogen and oxygen atoms in total. The van der Waals surface area contributed by atoms with Crippen molar-refractivity contribution < 1.29 is 19.4 Å². The Bertz CT molecular complexity index is 635. The summed E-state index contributed by atoms with van der Waals surface area (Å²) in [7, 11) is 0. The lowest BCUT2D eigenvalue weighted by molar-refractivity contribution is 0.106. The summed E-state index contributed by atoms with van der Waals surface area (Å²) < 4.78 is 5.37. The molecule has 3 heterocycles. The van der Waals surface area contributed by atoms with Crippen LogP contribution < -0.4 is 5.32 Å². The molecule has 1 unspecified atom stereocenters. The Kier molecular flexibility index (Phi) is 4.70. The lowest BCUT2D eigenvalue weighted by Gasteiger charge is -2.25. The Morgan fingerprint density at radius 2 is 2.23 bits per heavy atom. The molecule has 1 aliphatic rings. The molecule has 2 aromatic rings. The zero-order chi connectivity index (χ0) is 15.5. The van der Waals surface area contributed by atoms with Gasteiger partial charge in [0.25, 0.3) is 0 Å². The van der Waals surface area contributed by atoms with E-state index in [0.717, 1.165) is 24.3 Å². The minimum Gasteiger partial charge on any atom is -0.465 e. The topological polar surface area (TPSA) is 95.6 Å². The molecule has 0 bridgehead atoms. The third kappa shape index (κ3) is 3.29. The van der Waals surface area contributed by atoms with Gasteiger partial charge in [0.2, 0.25) is 0 Å². The number of anilines is 1. The first kappa shape index (κ1) is 15.4.